The first-order valence-electron chi connectivity index (χ1n) is 9.79. The van der Waals surface area contributed by atoms with E-state index in [2.05, 4.69) is 33.4 Å². The van der Waals surface area contributed by atoms with E-state index in [4.69, 9.17) is 9.47 Å². The molecule has 0 aromatic heterocycles. The van der Waals surface area contributed by atoms with E-state index in [9.17, 15) is 4.79 Å². The van der Waals surface area contributed by atoms with Gasteiger partial charge in [0.2, 0.25) is 0 Å². The molecule has 0 amide bonds. The first kappa shape index (κ1) is 19.8. The van der Waals surface area contributed by atoms with Crippen molar-refractivity contribution in [3.05, 3.63) is 36.1 Å². The van der Waals surface area contributed by atoms with Crippen LogP contribution in [0, 0.1) is 17.8 Å². The van der Waals surface area contributed by atoms with E-state index in [-0.39, 0.29) is 18.2 Å². The highest BCUT2D eigenvalue weighted by Gasteiger charge is 2.36. The minimum atomic E-state index is -0.176. The Kier molecular flexibility index (Phi) is 7.34. The molecule has 4 atom stereocenters. The Morgan fingerprint density at radius 1 is 1.40 bits per heavy atom. The SMILES string of the molecule is C=CC1CC(C(=O)O[C@@H]2C[C@H](C)CC[C@H]2C(C)C)=C(CC/C=C/C)O1. The number of rotatable bonds is 7. The largest absolute Gasteiger partial charge is 0.490 e. The first-order valence-corrected chi connectivity index (χ1v) is 9.79. The topological polar surface area (TPSA) is 35.5 Å². The maximum atomic E-state index is 12.9. The van der Waals surface area contributed by atoms with Gasteiger partial charge in [-0.2, -0.15) is 0 Å². The summed E-state index contributed by atoms with van der Waals surface area (Å²) in [6.07, 6.45) is 11.4. The molecular weight excluding hydrogens is 312 g/mol. The fraction of sp³-hybridized carbons (Fsp3) is 0.682. The normalized spacial score (nSPS) is 30.0. The molecule has 25 heavy (non-hydrogen) atoms. The van der Waals surface area contributed by atoms with E-state index in [0.29, 0.717) is 24.2 Å². The van der Waals surface area contributed by atoms with Crippen LogP contribution >= 0.6 is 0 Å². The van der Waals surface area contributed by atoms with E-state index >= 15 is 0 Å². The molecule has 1 saturated carbocycles. The molecule has 0 radical (unpaired) electrons. The Morgan fingerprint density at radius 2 is 2.16 bits per heavy atom. The van der Waals surface area contributed by atoms with E-state index in [0.717, 1.165) is 37.0 Å². The van der Waals surface area contributed by atoms with Crippen LogP contribution in [-0.2, 0) is 14.3 Å². The fourth-order valence-corrected chi connectivity index (χ4v) is 3.99. The lowest BCUT2D eigenvalue weighted by Gasteiger charge is -2.36. The Bertz CT molecular complexity index is 529. The molecular formula is C22H34O3. The summed E-state index contributed by atoms with van der Waals surface area (Å²) in [7, 11) is 0. The van der Waals surface area contributed by atoms with Gasteiger partial charge < -0.3 is 9.47 Å². The number of hydrogen-bond acceptors (Lipinski definition) is 3. The minimum absolute atomic E-state index is 0.0309. The highest BCUT2D eigenvalue weighted by Crippen LogP contribution is 2.37. The predicted molar refractivity (Wildman–Crippen MR) is 102 cm³/mol. The van der Waals surface area contributed by atoms with Crippen LogP contribution in [0.25, 0.3) is 0 Å². The molecule has 2 rings (SSSR count). The number of ether oxygens (including phenoxy) is 2. The maximum Gasteiger partial charge on any atom is 0.337 e. The second-order valence-electron chi connectivity index (χ2n) is 7.88. The van der Waals surface area contributed by atoms with Crippen LogP contribution in [0.5, 0.6) is 0 Å². The molecule has 1 unspecified atom stereocenters. The van der Waals surface area contributed by atoms with Crippen molar-refractivity contribution in [3.8, 4) is 0 Å². The predicted octanol–water partition coefficient (Wildman–Crippen LogP) is 5.58. The Hall–Kier alpha value is -1.51. The standard InChI is InChI=1S/C22H34O3/c1-6-8-9-10-20-19(14-17(7-2)24-20)22(23)25-21-13-16(5)11-12-18(21)15(3)4/h6-8,15-18,21H,2,9-14H2,1,3-5H3/b8-6+/t16-,17?,18+,21-/m1/s1. The van der Waals surface area contributed by atoms with Gasteiger partial charge in [0.1, 0.15) is 18.0 Å². The molecule has 1 aliphatic heterocycles. The van der Waals surface area contributed by atoms with Gasteiger partial charge in [0.05, 0.1) is 5.57 Å². The number of hydrogen-bond donors (Lipinski definition) is 0. The van der Waals surface area contributed by atoms with Crippen LogP contribution in [0.2, 0.25) is 0 Å². The second kappa shape index (κ2) is 9.26. The quantitative estimate of drug-likeness (QED) is 0.446. The van der Waals surface area contributed by atoms with Crippen LogP contribution in [0.4, 0.5) is 0 Å². The molecule has 1 heterocycles. The molecule has 1 fully saturated rings. The summed E-state index contributed by atoms with van der Waals surface area (Å²) in [5, 5.41) is 0. The van der Waals surface area contributed by atoms with Crippen molar-refractivity contribution < 1.29 is 14.3 Å². The lowest BCUT2D eigenvalue weighted by atomic mass is 9.75. The summed E-state index contributed by atoms with van der Waals surface area (Å²) in [6, 6.07) is 0. The van der Waals surface area contributed by atoms with Gasteiger partial charge in [-0.3, -0.25) is 0 Å². The summed E-state index contributed by atoms with van der Waals surface area (Å²) in [4.78, 5) is 12.9. The van der Waals surface area contributed by atoms with Crippen LogP contribution in [0.1, 0.15) is 66.2 Å². The van der Waals surface area contributed by atoms with Crippen LogP contribution in [0.3, 0.4) is 0 Å². The third kappa shape index (κ3) is 5.23. The highest BCUT2D eigenvalue weighted by molar-refractivity contribution is 5.89. The number of carbonyl (C=O) groups excluding carboxylic acids is 1. The van der Waals surface area contributed by atoms with Gasteiger partial charge in [0.15, 0.2) is 0 Å². The van der Waals surface area contributed by atoms with Crippen molar-refractivity contribution >= 4 is 5.97 Å². The van der Waals surface area contributed by atoms with Crippen molar-refractivity contribution in [2.45, 2.75) is 78.4 Å². The van der Waals surface area contributed by atoms with Crippen molar-refractivity contribution in [2.75, 3.05) is 0 Å². The Labute approximate surface area is 153 Å². The fourth-order valence-electron chi connectivity index (χ4n) is 3.99. The van der Waals surface area contributed by atoms with Crippen molar-refractivity contribution in [2.24, 2.45) is 17.8 Å². The number of esters is 1. The molecule has 0 N–H and O–H groups in total. The average molecular weight is 347 g/mol. The van der Waals surface area contributed by atoms with Crippen LogP contribution in [0.15, 0.2) is 36.1 Å². The maximum absolute atomic E-state index is 12.9. The van der Waals surface area contributed by atoms with E-state index in [1.54, 1.807) is 6.08 Å². The molecule has 0 bridgehead atoms. The highest BCUT2D eigenvalue weighted by atomic mass is 16.5. The van der Waals surface area contributed by atoms with Gasteiger partial charge in [-0.25, -0.2) is 4.79 Å². The average Bonchev–Trinajstić information content (AvgIpc) is 2.98. The molecule has 3 nitrogen and oxygen atoms in total. The van der Waals surface area contributed by atoms with E-state index in [1.807, 2.05) is 13.0 Å². The molecule has 140 valence electrons. The summed E-state index contributed by atoms with van der Waals surface area (Å²) in [5.74, 6) is 2.23. The van der Waals surface area contributed by atoms with Gasteiger partial charge in [-0.15, -0.1) is 0 Å². The zero-order chi connectivity index (χ0) is 18.4. The number of carbonyl (C=O) groups is 1. The molecule has 0 aromatic carbocycles. The van der Waals surface area contributed by atoms with Crippen molar-refractivity contribution in [1.82, 2.24) is 0 Å². The van der Waals surface area contributed by atoms with Gasteiger partial charge in [0.25, 0.3) is 0 Å². The van der Waals surface area contributed by atoms with Gasteiger partial charge in [-0.05, 0) is 43.9 Å². The van der Waals surface area contributed by atoms with Gasteiger partial charge in [0, 0.05) is 12.8 Å². The zero-order valence-electron chi connectivity index (χ0n) is 16.3. The molecule has 2 aliphatic rings. The van der Waals surface area contributed by atoms with Crippen LogP contribution < -0.4 is 0 Å². The molecule has 0 aromatic rings. The Morgan fingerprint density at radius 3 is 2.80 bits per heavy atom. The third-order valence-corrected chi connectivity index (χ3v) is 5.54. The lowest BCUT2D eigenvalue weighted by Crippen LogP contribution is -2.36. The first-order chi connectivity index (χ1) is 12.0. The smallest absolute Gasteiger partial charge is 0.337 e. The summed E-state index contributed by atoms with van der Waals surface area (Å²) < 4.78 is 11.9. The van der Waals surface area contributed by atoms with E-state index < -0.39 is 0 Å². The molecule has 3 heteroatoms. The van der Waals surface area contributed by atoms with Crippen molar-refractivity contribution in [1.29, 1.82) is 0 Å². The molecule has 0 saturated heterocycles. The lowest BCUT2D eigenvalue weighted by molar-refractivity contribution is -0.151. The summed E-state index contributed by atoms with van der Waals surface area (Å²) in [6.45, 7) is 12.5. The van der Waals surface area contributed by atoms with E-state index in [1.165, 1.54) is 6.42 Å². The Balaban J connectivity index is 2.09. The monoisotopic (exact) mass is 346 g/mol. The second-order valence-corrected chi connectivity index (χ2v) is 7.88. The van der Waals surface area contributed by atoms with Gasteiger partial charge >= 0.3 is 5.97 Å². The van der Waals surface area contributed by atoms with Crippen LogP contribution in [-0.4, -0.2) is 18.2 Å². The molecule has 1 aliphatic carbocycles. The summed E-state index contributed by atoms with van der Waals surface area (Å²) in [5.41, 5.74) is 0.718. The molecule has 0 spiro atoms. The zero-order valence-corrected chi connectivity index (χ0v) is 16.3. The van der Waals surface area contributed by atoms with Crippen molar-refractivity contribution in [3.63, 3.8) is 0 Å². The summed E-state index contributed by atoms with van der Waals surface area (Å²) >= 11 is 0. The number of allylic oxidation sites excluding steroid dienone is 3. The third-order valence-electron chi connectivity index (χ3n) is 5.54. The minimum Gasteiger partial charge on any atom is -0.490 e. The van der Waals surface area contributed by atoms with Gasteiger partial charge in [-0.1, -0.05) is 52.0 Å².